The highest BCUT2D eigenvalue weighted by molar-refractivity contribution is 5.41. The van der Waals surface area contributed by atoms with E-state index in [1.54, 1.807) is 24.3 Å². The van der Waals surface area contributed by atoms with Gasteiger partial charge >= 0.3 is 0 Å². The Morgan fingerprint density at radius 2 is 2.05 bits per heavy atom. The second kappa shape index (κ2) is 6.92. The van der Waals surface area contributed by atoms with Gasteiger partial charge in [0.2, 0.25) is 0 Å². The molecule has 0 aliphatic carbocycles. The first-order valence-corrected chi connectivity index (χ1v) is 7.11. The summed E-state index contributed by atoms with van der Waals surface area (Å²) < 4.78 is 5.53. The lowest BCUT2D eigenvalue weighted by Gasteiger charge is -2.21. The van der Waals surface area contributed by atoms with E-state index in [1.807, 2.05) is 6.92 Å². The first kappa shape index (κ1) is 15.1. The number of β-amino-alcohol motifs (C(OH)–C–C–N with tert-alkyl or cyclic N) is 1. The van der Waals surface area contributed by atoms with Gasteiger partial charge in [-0.05, 0) is 50.1 Å². The van der Waals surface area contributed by atoms with Gasteiger partial charge in [-0.2, -0.15) is 0 Å². The zero-order valence-electron chi connectivity index (χ0n) is 11.9. The van der Waals surface area contributed by atoms with Crippen molar-refractivity contribution in [3.8, 4) is 5.75 Å². The van der Waals surface area contributed by atoms with Crippen LogP contribution in [0.4, 0.5) is 5.69 Å². The summed E-state index contributed by atoms with van der Waals surface area (Å²) in [5.74, 6) is 1.03. The zero-order valence-corrected chi connectivity index (χ0v) is 11.9. The summed E-state index contributed by atoms with van der Waals surface area (Å²) in [6, 6.07) is 7.13. The molecular formula is C15H24N2O3. The Morgan fingerprint density at radius 3 is 2.65 bits per heavy atom. The molecule has 1 aliphatic heterocycles. The van der Waals surface area contributed by atoms with Crippen molar-refractivity contribution in [2.24, 2.45) is 5.92 Å². The monoisotopic (exact) mass is 280 g/mol. The van der Waals surface area contributed by atoms with Gasteiger partial charge in [0.1, 0.15) is 18.5 Å². The lowest BCUT2D eigenvalue weighted by atomic mass is 10.0. The predicted octanol–water partition coefficient (Wildman–Crippen LogP) is 0.711. The highest BCUT2D eigenvalue weighted by atomic mass is 16.5. The smallest absolute Gasteiger partial charge is 0.119 e. The van der Waals surface area contributed by atoms with Gasteiger partial charge in [0.15, 0.2) is 0 Å². The number of hydrogen-bond donors (Lipinski definition) is 3. The van der Waals surface area contributed by atoms with E-state index in [1.165, 1.54) is 0 Å². The molecule has 0 radical (unpaired) electrons. The number of aliphatic hydroxyl groups is 2. The zero-order chi connectivity index (χ0) is 14.5. The van der Waals surface area contributed by atoms with Crippen LogP contribution < -0.4 is 10.5 Å². The Balaban J connectivity index is 1.70. The second-order valence-electron chi connectivity index (χ2n) is 5.58. The fraction of sp³-hybridized carbons (Fsp3) is 0.600. The van der Waals surface area contributed by atoms with Crippen LogP contribution >= 0.6 is 0 Å². The minimum Gasteiger partial charge on any atom is -0.491 e. The van der Waals surface area contributed by atoms with Crippen LogP contribution in [0.2, 0.25) is 0 Å². The maximum Gasteiger partial charge on any atom is 0.119 e. The normalized spacial score (nSPS) is 22.6. The van der Waals surface area contributed by atoms with Gasteiger partial charge in [0.05, 0.1) is 6.10 Å². The number of rotatable bonds is 6. The number of benzene rings is 1. The maximum absolute atomic E-state index is 10.00. The van der Waals surface area contributed by atoms with Crippen LogP contribution in [0.1, 0.15) is 13.3 Å². The molecule has 3 atom stereocenters. The van der Waals surface area contributed by atoms with E-state index >= 15 is 0 Å². The van der Waals surface area contributed by atoms with Crippen LogP contribution in [0.3, 0.4) is 0 Å². The topological polar surface area (TPSA) is 79.0 Å². The van der Waals surface area contributed by atoms with Crippen LogP contribution in [-0.4, -0.2) is 53.6 Å². The molecule has 0 spiro atoms. The summed E-state index contributed by atoms with van der Waals surface area (Å²) in [6.07, 6.45) is 0.187. The number of aliphatic hydroxyl groups excluding tert-OH is 2. The van der Waals surface area contributed by atoms with Gasteiger partial charge in [-0.1, -0.05) is 0 Å². The number of nitrogens with zero attached hydrogens (tertiary/aromatic N) is 1. The molecule has 1 aliphatic rings. The minimum absolute atomic E-state index is 0.264. The number of ether oxygens (including phenoxy) is 1. The van der Waals surface area contributed by atoms with Crippen molar-refractivity contribution in [2.45, 2.75) is 25.6 Å². The number of nitrogen functional groups attached to an aromatic ring is 1. The molecule has 0 amide bonds. The SMILES string of the molecule is CC(O)C1CCN(CC(O)COc2ccc(N)cc2)C1. The van der Waals surface area contributed by atoms with Crippen LogP contribution in [0, 0.1) is 5.92 Å². The third-order valence-corrected chi connectivity index (χ3v) is 3.78. The van der Waals surface area contributed by atoms with Gasteiger partial charge in [-0.25, -0.2) is 0 Å². The fourth-order valence-electron chi connectivity index (χ4n) is 2.53. The van der Waals surface area contributed by atoms with Crippen molar-refractivity contribution >= 4 is 5.69 Å². The Labute approximate surface area is 120 Å². The third kappa shape index (κ3) is 4.37. The average molecular weight is 280 g/mol. The van der Waals surface area contributed by atoms with Gasteiger partial charge < -0.3 is 25.6 Å². The maximum atomic E-state index is 10.00. The lowest BCUT2D eigenvalue weighted by molar-refractivity contribution is 0.0696. The van der Waals surface area contributed by atoms with Crippen LogP contribution in [0.15, 0.2) is 24.3 Å². The average Bonchev–Trinajstić information content (AvgIpc) is 2.87. The Morgan fingerprint density at radius 1 is 1.35 bits per heavy atom. The minimum atomic E-state index is -0.527. The lowest BCUT2D eigenvalue weighted by Crippen LogP contribution is -2.35. The van der Waals surface area contributed by atoms with Crippen molar-refractivity contribution in [3.05, 3.63) is 24.3 Å². The molecule has 4 N–H and O–H groups in total. The van der Waals surface area contributed by atoms with E-state index in [9.17, 15) is 10.2 Å². The molecular weight excluding hydrogens is 256 g/mol. The summed E-state index contributed by atoms with van der Waals surface area (Å²) in [7, 11) is 0. The predicted molar refractivity (Wildman–Crippen MR) is 78.6 cm³/mol. The number of hydrogen-bond acceptors (Lipinski definition) is 5. The standard InChI is InChI=1S/C15H24N2O3/c1-11(18)12-6-7-17(8-12)9-14(19)10-20-15-4-2-13(16)3-5-15/h2-5,11-12,14,18-19H,6-10,16H2,1H3. The molecule has 5 nitrogen and oxygen atoms in total. The first-order chi connectivity index (χ1) is 9.54. The summed E-state index contributed by atoms with van der Waals surface area (Å²) in [4.78, 5) is 2.17. The van der Waals surface area contributed by atoms with E-state index < -0.39 is 6.10 Å². The third-order valence-electron chi connectivity index (χ3n) is 3.78. The summed E-state index contributed by atoms with van der Waals surface area (Å²) in [5, 5.41) is 19.6. The van der Waals surface area contributed by atoms with Crippen LogP contribution in [0.25, 0.3) is 0 Å². The molecule has 1 aromatic carbocycles. The van der Waals surface area contributed by atoms with Gasteiger partial charge in [-0.15, -0.1) is 0 Å². The Bertz CT molecular complexity index is 408. The van der Waals surface area contributed by atoms with Gasteiger partial charge in [-0.3, -0.25) is 0 Å². The number of nitrogens with two attached hydrogens (primary N) is 1. The van der Waals surface area contributed by atoms with Crippen molar-refractivity contribution < 1.29 is 14.9 Å². The molecule has 20 heavy (non-hydrogen) atoms. The quantitative estimate of drug-likeness (QED) is 0.669. The van der Waals surface area contributed by atoms with Crippen molar-refractivity contribution in [1.29, 1.82) is 0 Å². The molecule has 1 fully saturated rings. The van der Waals surface area contributed by atoms with Crippen LogP contribution in [-0.2, 0) is 0 Å². The van der Waals surface area contributed by atoms with Crippen molar-refractivity contribution in [3.63, 3.8) is 0 Å². The molecule has 0 bridgehead atoms. The molecule has 2 rings (SSSR count). The van der Waals surface area contributed by atoms with Gasteiger partial charge in [0, 0.05) is 18.8 Å². The number of likely N-dealkylation sites (tertiary alicyclic amines) is 1. The van der Waals surface area contributed by atoms with Crippen molar-refractivity contribution in [2.75, 3.05) is 32.0 Å². The van der Waals surface area contributed by atoms with E-state index in [0.29, 0.717) is 23.9 Å². The Hall–Kier alpha value is -1.30. The fourth-order valence-corrected chi connectivity index (χ4v) is 2.53. The van der Waals surface area contributed by atoms with Crippen LogP contribution in [0.5, 0.6) is 5.75 Å². The molecule has 1 saturated heterocycles. The molecule has 1 aromatic rings. The Kier molecular flexibility index (Phi) is 5.23. The molecule has 3 unspecified atom stereocenters. The summed E-state index contributed by atoms with van der Waals surface area (Å²) in [5.41, 5.74) is 6.29. The highest BCUT2D eigenvalue weighted by Gasteiger charge is 2.27. The second-order valence-corrected chi connectivity index (χ2v) is 5.58. The summed E-state index contributed by atoms with van der Waals surface area (Å²) in [6.45, 7) is 4.44. The molecule has 5 heteroatoms. The highest BCUT2D eigenvalue weighted by Crippen LogP contribution is 2.20. The van der Waals surface area contributed by atoms with Gasteiger partial charge in [0.25, 0.3) is 0 Å². The van der Waals surface area contributed by atoms with Crippen molar-refractivity contribution in [1.82, 2.24) is 4.90 Å². The van der Waals surface area contributed by atoms with E-state index in [2.05, 4.69) is 4.90 Å². The molecule has 112 valence electrons. The first-order valence-electron chi connectivity index (χ1n) is 7.11. The largest absolute Gasteiger partial charge is 0.491 e. The number of anilines is 1. The van der Waals surface area contributed by atoms with E-state index in [0.717, 1.165) is 19.5 Å². The summed E-state index contributed by atoms with van der Waals surface area (Å²) >= 11 is 0. The van der Waals surface area contributed by atoms with E-state index in [4.69, 9.17) is 10.5 Å². The molecule has 1 heterocycles. The molecule has 0 saturated carbocycles. The molecule has 0 aromatic heterocycles. The van der Waals surface area contributed by atoms with E-state index in [-0.39, 0.29) is 12.7 Å².